The van der Waals surface area contributed by atoms with Crippen LogP contribution in [0, 0.1) is 19.8 Å². The Morgan fingerprint density at radius 3 is 2.60 bits per heavy atom. The Morgan fingerprint density at radius 2 is 1.95 bits per heavy atom. The zero-order chi connectivity index (χ0) is 15.0. The van der Waals surface area contributed by atoms with Gasteiger partial charge < -0.3 is 15.2 Å². The van der Waals surface area contributed by atoms with Crippen LogP contribution in [0.4, 0.5) is 5.69 Å². The van der Waals surface area contributed by atoms with Crippen molar-refractivity contribution in [2.75, 3.05) is 25.1 Å². The van der Waals surface area contributed by atoms with Crippen LogP contribution < -0.4 is 5.32 Å². The molecule has 0 fully saturated rings. The molecule has 0 spiro atoms. The van der Waals surface area contributed by atoms with Gasteiger partial charge in [-0.05, 0) is 55.9 Å². The van der Waals surface area contributed by atoms with Gasteiger partial charge in [-0.15, -0.1) is 0 Å². The molecule has 1 rings (SSSR count). The van der Waals surface area contributed by atoms with E-state index in [9.17, 15) is 5.11 Å². The number of aryl methyl sites for hydroxylation is 2. The Kier molecular flexibility index (Phi) is 7.63. The first-order valence-corrected chi connectivity index (χ1v) is 7.56. The van der Waals surface area contributed by atoms with Crippen LogP contribution in [-0.4, -0.2) is 31.0 Å². The predicted molar refractivity (Wildman–Crippen MR) is 85.3 cm³/mol. The molecular weight excluding hydrogens is 250 g/mol. The Labute approximate surface area is 123 Å². The summed E-state index contributed by atoms with van der Waals surface area (Å²) in [6, 6.07) is 6.23. The van der Waals surface area contributed by atoms with Gasteiger partial charge in [-0.25, -0.2) is 0 Å². The molecule has 0 aliphatic heterocycles. The van der Waals surface area contributed by atoms with Crippen LogP contribution in [0.5, 0.6) is 0 Å². The number of hydrogen-bond acceptors (Lipinski definition) is 3. The highest BCUT2D eigenvalue weighted by Crippen LogP contribution is 2.14. The average molecular weight is 279 g/mol. The Hall–Kier alpha value is -1.06. The monoisotopic (exact) mass is 279 g/mol. The Balaban J connectivity index is 2.16. The number of benzene rings is 1. The number of anilines is 1. The van der Waals surface area contributed by atoms with Crippen molar-refractivity contribution < 1.29 is 9.84 Å². The molecule has 2 N–H and O–H groups in total. The van der Waals surface area contributed by atoms with Crippen LogP contribution in [0.3, 0.4) is 0 Å². The lowest BCUT2D eigenvalue weighted by molar-refractivity contribution is 0.0409. The molecule has 0 saturated heterocycles. The lowest BCUT2D eigenvalue weighted by Gasteiger charge is -2.14. The average Bonchev–Trinajstić information content (AvgIpc) is 2.39. The largest absolute Gasteiger partial charge is 0.389 e. The molecule has 0 heterocycles. The molecule has 0 aliphatic carbocycles. The highest BCUT2D eigenvalue weighted by Gasteiger charge is 2.05. The molecule has 0 aromatic heterocycles. The summed E-state index contributed by atoms with van der Waals surface area (Å²) >= 11 is 0. The summed E-state index contributed by atoms with van der Waals surface area (Å²) in [5, 5.41) is 13.1. The fourth-order valence-corrected chi connectivity index (χ4v) is 1.96. The zero-order valence-corrected chi connectivity index (χ0v) is 13.3. The standard InChI is InChI=1S/C17H29NO2/c1-13(2)6-5-9-20-12-17(19)11-18-16-8-7-14(3)15(4)10-16/h7-8,10,13,17-19H,5-6,9,11-12H2,1-4H3. The van der Waals surface area contributed by atoms with E-state index in [0.717, 1.165) is 24.6 Å². The maximum Gasteiger partial charge on any atom is 0.0945 e. The van der Waals surface area contributed by atoms with E-state index in [1.54, 1.807) is 0 Å². The van der Waals surface area contributed by atoms with Crippen LogP contribution in [0.2, 0.25) is 0 Å². The number of aliphatic hydroxyl groups is 1. The van der Waals surface area contributed by atoms with E-state index in [2.05, 4.69) is 45.1 Å². The summed E-state index contributed by atoms with van der Waals surface area (Å²) in [5.74, 6) is 0.718. The van der Waals surface area contributed by atoms with Gasteiger partial charge in [-0.3, -0.25) is 0 Å². The van der Waals surface area contributed by atoms with Crippen LogP contribution in [0.15, 0.2) is 18.2 Å². The molecule has 1 unspecified atom stereocenters. The van der Waals surface area contributed by atoms with Crippen molar-refractivity contribution >= 4 is 5.69 Å². The van der Waals surface area contributed by atoms with E-state index in [4.69, 9.17) is 4.74 Å². The van der Waals surface area contributed by atoms with Crippen molar-refractivity contribution in [2.45, 2.75) is 46.6 Å². The van der Waals surface area contributed by atoms with E-state index in [1.807, 2.05) is 6.07 Å². The topological polar surface area (TPSA) is 41.5 Å². The lowest BCUT2D eigenvalue weighted by Crippen LogP contribution is -2.25. The summed E-state index contributed by atoms with van der Waals surface area (Å²) in [5.41, 5.74) is 3.59. The van der Waals surface area contributed by atoms with E-state index >= 15 is 0 Å². The molecule has 0 radical (unpaired) electrons. The molecule has 1 aromatic carbocycles. The second-order valence-corrected chi connectivity index (χ2v) is 5.94. The number of rotatable bonds is 9. The normalized spacial score (nSPS) is 12.7. The molecule has 1 atom stereocenters. The van der Waals surface area contributed by atoms with Gasteiger partial charge in [0.15, 0.2) is 0 Å². The van der Waals surface area contributed by atoms with Crippen LogP contribution in [0.1, 0.15) is 37.8 Å². The molecular formula is C17H29NO2. The van der Waals surface area contributed by atoms with Gasteiger partial charge in [-0.2, -0.15) is 0 Å². The number of ether oxygens (including phenoxy) is 1. The zero-order valence-electron chi connectivity index (χ0n) is 13.3. The van der Waals surface area contributed by atoms with Crippen molar-refractivity contribution in [3.8, 4) is 0 Å². The second-order valence-electron chi connectivity index (χ2n) is 5.94. The Morgan fingerprint density at radius 1 is 1.20 bits per heavy atom. The van der Waals surface area contributed by atoms with E-state index in [-0.39, 0.29) is 0 Å². The Bertz CT molecular complexity index is 391. The molecule has 0 amide bonds. The predicted octanol–water partition coefficient (Wildman–Crippen LogP) is 3.53. The smallest absolute Gasteiger partial charge is 0.0945 e. The lowest BCUT2D eigenvalue weighted by atomic mass is 10.1. The number of aliphatic hydroxyl groups excluding tert-OH is 1. The SMILES string of the molecule is Cc1ccc(NCC(O)COCCCC(C)C)cc1C. The van der Waals surface area contributed by atoms with E-state index < -0.39 is 6.10 Å². The minimum Gasteiger partial charge on any atom is -0.389 e. The van der Waals surface area contributed by atoms with E-state index in [1.165, 1.54) is 17.5 Å². The minimum absolute atomic E-state index is 0.399. The minimum atomic E-state index is -0.462. The van der Waals surface area contributed by atoms with Gasteiger partial charge >= 0.3 is 0 Å². The molecule has 114 valence electrons. The quantitative estimate of drug-likeness (QED) is 0.679. The summed E-state index contributed by atoms with van der Waals surface area (Å²) < 4.78 is 5.49. The molecule has 0 bridgehead atoms. The van der Waals surface area contributed by atoms with Crippen molar-refractivity contribution in [1.82, 2.24) is 0 Å². The van der Waals surface area contributed by atoms with Gasteiger partial charge in [0.25, 0.3) is 0 Å². The van der Waals surface area contributed by atoms with Gasteiger partial charge in [-0.1, -0.05) is 19.9 Å². The molecule has 0 aliphatic rings. The second kappa shape index (κ2) is 8.98. The highest BCUT2D eigenvalue weighted by atomic mass is 16.5. The first-order valence-electron chi connectivity index (χ1n) is 7.56. The van der Waals surface area contributed by atoms with Crippen molar-refractivity contribution in [3.63, 3.8) is 0 Å². The van der Waals surface area contributed by atoms with Gasteiger partial charge in [0, 0.05) is 18.8 Å². The van der Waals surface area contributed by atoms with Crippen LogP contribution in [-0.2, 0) is 4.74 Å². The first kappa shape index (κ1) is 17.0. The summed E-state index contributed by atoms with van der Waals surface area (Å²) in [7, 11) is 0. The van der Waals surface area contributed by atoms with E-state index in [0.29, 0.717) is 13.2 Å². The van der Waals surface area contributed by atoms with Gasteiger partial charge in [0.1, 0.15) is 0 Å². The molecule has 3 heteroatoms. The van der Waals surface area contributed by atoms with Crippen molar-refractivity contribution in [2.24, 2.45) is 5.92 Å². The summed E-state index contributed by atoms with van der Waals surface area (Å²) in [4.78, 5) is 0. The third-order valence-electron chi connectivity index (χ3n) is 3.43. The number of hydrogen-bond donors (Lipinski definition) is 2. The maximum absolute atomic E-state index is 9.86. The summed E-state index contributed by atoms with van der Waals surface area (Å²) in [6.07, 6.45) is 1.78. The molecule has 1 aromatic rings. The highest BCUT2D eigenvalue weighted by molar-refractivity contribution is 5.48. The van der Waals surface area contributed by atoms with Crippen molar-refractivity contribution in [3.05, 3.63) is 29.3 Å². The third kappa shape index (κ3) is 6.92. The first-order chi connectivity index (χ1) is 9.49. The fourth-order valence-electron chi connectivity index (χ4n) is 1.96. The van der Waals surface area contributed by atoms with Gasteiger partial charge in [0.2, 0.25) is 0 Å². The number of nitrogens with one attached hydrogen (secondary N) is 1. The third-order valence-corrected chi connectivity index (χ3v) is 3.43. The van der Waals surface area contributed by atoms with Crippen molar-refractivity contribution in [1.29, 1.82) is 0 Å². The molecule has 3 nitrogen and oxygen atoms in total. The van der Waals surface area contributed by atoms with Gasteiger partial charge in [0.05, 0.1) is 12.7 Å². The molecule has 0 saturated carbocycles. The van der Waals surface area contributed by atoms with Crippen LogP contribution in [0.25, 0.3) is 0 Å². The maximum atomic E-state index is 9.86. The fraction of sp³-hybridized carbons (Fsp3) is 0.647. The van der Waals surface area contributed by atoms with Crippen LogP contribution >= 0.6 is 0 Å². The summed E-state index contributed by atoms with van der Waals surface area (Å²) in [6.45, 7) is 10.3. The molecule has 20 heavy (non-hydrogen) atoms.